The molecule has 4 rings (SSSR count). The molecule has 1 aliphatic heterocycles. The Kier molecular flexibility index (Phi) is 4.08. The van der Waals surface area contributed by atoms with E-state index in [2.05, 4.69) is 10.4 Å². The maximum absolute atomic E-state index is 12.3. The SMILES string of the molecule is COc1cc(C2CC(=O)Nc3c2cnn3Cc2ccccc2)ccc1O. The molecule has 2 heterocycles. The van der Waals surface area contributed by atoms with Crippen molar-refractivity contribution in [1.82, 2.24) is 9.78 Å². The molecule has 0 saturated heterocycles. The minimum absolute atomic E-state index is 0.0515. The van der Waals surface area contributed by atoms with Gasteiger partial charge in [-0.3, -0.25) is 4.79 Å². The molecule has 1 amide bonds. The van der Waals surface area contributed by atoms with Crippen molar-refractivity contribution in [2.75, 3.05) is 12.4 Å². The van der Waals surface area contributed by atoms with Crippen LogP contribution in [-0.2, 0) is 11.3 Å². The van der Waals surface area contributed by atoms with Crippen LogP contribution in [0.1, 0.15) is 29.0 Å². The number of hydrogen-bond donors (Lipinski definition) is 2. The normalized spacial score (nSPS) is 16.0. The number of carbonyl (C=O) groups is 1. The first-order valence-electron chi connectivity index (χ1n) is 8.42. The van der Waals surface area contributed by atoms with Gasteiger partial charge in [0.15, 0.2) is 11.5 Å². The molecule has 132 valence electrons. The first-order valence-corrected chi connectivity index (χ1v) is 8.42. The molecular formula is C20H19N3O3. The highest BCUT2D eigenvalue weighted by molar-refractivity contribution is 5.94. The number of nitrogens with one attached hydrogen (secondary N) is 1. The number of phenols is 1. The van der Waals surface area contributed by atoms with Crippen molar-refractivity contribution in [2.24, 2.45) is 0 Å². The van der Waals surface area contributed by atoms with Crippen molar-refractivity contribution in [3.8, 4) is 11.5 Å². The van der Waals surface area contributed by atoms with Gasteiger partial charge in [-0.2, -0.15) is 5.10 Å². The summed E-state index contributed by atoms with van der Waals surface area (Å²) in [6.07, 6.45) is 2.14. The summed E-state index contributed by atoms with van der Waals surface area (Å²) in [6, 6.07) is 15.2. The molecule has 0 fully saturated rings. The molecule has 0 saturated carbocycles. The topological polar surface area (TPSA) is 76.4 Å². The molecule has 1 unspecified atom stereocenters. The summed E-state index contributed by atoms with van der Waals surface area (Å²) in [5.74, 6) is 1.02. The fourth-order valence-electron chi connectivity index (χ4n) is 3.35. The minimum atomic E-state index is -0.127. The number of phenolic OH excluding ortho intramolecular Hbond substituents is 1. The second-order valence-electron chi connectivity index (χ2n) is 6.33. The van der Waals surface area contributed by atoms with Crippen molar-refractivity contribution in [3.63, 3.8) is 0 Å². The van der Waals surface area contributed by atoms with Crippen LogP contribution < -0.4 is 10.1 Å². The van der Waals surface area contributed by atoms with Crippen LogP contribution in [-0.4, -0.2) is 27.9 Å². The van der Waals surface area contributed by atoms with E-state index in [0.29, 0.717) is 18.7 Å². The lowest BCUT2D eigenvalue weighted by Gasteiger charge is -2.24. The van der Waals surface area contributed by atoms with E-state index in [-0.39, 0.29) is 17.6 Å². The lowest BCUT2D eigenvalue weighted by molar-refractivity contribution is -0.116. The predicted octanol–water partition coefficient (Wildman–Crippen LogP) is 3.12. The van der Waals surface area contributed by atoms with E-state index in [1.165, 1.54) is 7.11 Å². The van der Waals surface area contributed by atoms with E-state index < -0.39 is 0 Å². The zero-order valence-corrected chi connectivity index (χ0v) is 14.3. The van der Waals surface area contributed by atoms with Crippen LogP contribution >= 0.6 is 0 Å². The van der Waals surface area contributed by atoms with E-state index in [4.69, 9.17) is 4.74 Å². The second-order valence-corrected chi connectivity index (χ2v) is 6.33. The second kappa shape index (κ2) is 6.55. The van der Waals surface area contributed by atoms with E-state index in [0.717, 1.165) is 22.5 Å². The van der Waals surface area contributed by atoms with Crippen LogP contribution in [0.3, 0.4) is 0 Å². The number of methoxy groups -OCH3 is 1. The third-order valence-corrected chi connectivity index (χ3v) is 4.67. The van der Waals surface area contributed by atoms with Crippen molar-refractivity contribution >= 4 is 11.7 Å². The number of fused-ring (bicyclic) bond motifs is 1. The van der Waals surface area contributed by atoms with Crippen LogP contribution in [0, 0.1) is 0 Å². The molecule has 0 radical (unpaired) electrons. The molecule has 6 heteroatoms. The van der Waals surface area contributed by atoms with Crippen LogP contribution in [0.25, 0.3) is 0 Å². The van der Waals surface area contributed by atoms with Crippen molar-refractivity contribution in [3.05, 3.63) is 71.4 Å². The first-order chi connectivity index (χ1) is 12.7. The number of rotatable bonds is 4. The molecule has 6 nitrogen and oxygen atoms in total. The van der Waals surface area contributed by atoms with Gasteiger partial charge in [-0.15, -0.1) is 0 Å². The monoisotopic (exact) mass is 349 g/mol. The Hall–Kier alpha value is -3.28. The number of ether oxygens (including phenoxy) is 1. The molecule has 1 aliphatic rings. The van der Waals surface area contributed by atoms with Gasteiger partial charge in [-0.05, 0) is 23.3 Å². The number of nitrogens with zero attached hydrogens (tertiary/aromatic N) is 2. The summed E-state index contributed by atoms with van der Waals surface area (Å²) in [5, 5.41) is 17.3. The third-order valence-electron chi connectivity index (χ3n) is 4.67. The zero-order valence-electron chi connectivity index (χ0n) is 14.3. The average molecular weight is 349 g/mol. The van der Waals surface area contributed by atoms with E-state index in [1.807, 2.05) is 47.3 Å². The van der Waals surface area contributed by atoms with Gasteiger partial charge < -0.3 is 15.2 Å². The zero-order chi connectivity index (χ0) is 18.1. The van der Waals surface area contributed by atoms with Gasteiger partial charge >= 0.3 is 0 Å². The Labute approximate surface area is 151 Å². The number of amides is 1. The fourth-order valence-corrected chi connectivity index (χ4v) is 3.35. The smallest absolute Gasteiger partial charge is 0.226 e. The Morgan fingerprint density at radius 2 is 2.08 bits per heavy atom. The summed E-state index contributed by atoms with van der Waals surface area (Å²) in [5.41, 5.74) is 2.99. The van der Waals surface area contributed by atoms with E-state index >= 15 is 0 Å². The Morgan fingerprint density at radius 3 is 2.85 bits per heavy atom. The Balaban J connectivity index is 1.72. The number of carbonyl (C=O) groups excluding carboxylic acids is 1. The van der Waals surface area contributed by atoms with Gasteiger partial charge in [-0.1, -0.05) is 36.4 Å². The summed E-state index contributed by atoms with van der Waals surface area (Å²) in [6.45, 7) is 0.585. The molecule has 0 bridgehead atoms. The summed E-state index contributed by atoms with van der Waals surface area (Å²) in [7, 11) is 1.51. The predicted molar refractivity (Wildman–Crippen MR) is 97.5 cm³/mol. The molecule has 26 heavy (non-hydrogen) atoms. The highest BCUT2D eigenvalue weighted by Gasteiger charge is 2.30. The van der Waals surface area contributed by atoms with Crippen molar-refractivity contribution in [1.29, 1.82) is 0 Å². The molecule has 2 aromatic carbocycles. The fraction of sp³-hybridized carbons (Fsp3) is 0.200. The van der Waals surface area contributed by atoms with Crippen LogP contribution in [0.5, 0.6) is 11.5 Å². The third kappa shape index (κ3) is 2.90. The molecular weight excluding hydrogens is 330 g/mol. The largest absolute Gasteiger partial charge is 0.504 e. The standard InChI is InChI=1S/C20H19N3O3/c1-26-18-9-14(7-8-17(18)24)15-10-19(25)22-20-16(15)11-21-23(20)12-13-5-3-2-4-6-13/h2-9,11,15,24H,10,12H2,1H3,(H,22,25). The maximum atomic E-state index is 12.3. The Bertz CT molecular complexity index is 950. The maximum Gasteiger partial charge on any atom is 0.226 e. The number of aromatic nitrogens is 2. The van der Waals surface area contributed by atoms with Gasteiger partial charge in [-0.25, -0.2) is 4.68 Å². The van der Waals surface area contributed by atoms with E-state index in [9.17, 15) is 9.90 Å². The molecule has 2 N–H and O–H groups in total. The first kappa shape index (κ1) is 16.2. The number of anilines is 1. The molecule has 1 atom stereocenters. The van der Waals surface area contributed by atoms with Gasteiger partial charge in [0.05, 0.1) is 19.9 Å². The number of hydrogen-bond acceptors (Lipinski definition) is 4. The molecule has 3 aromatic rings. The van der Waals surface area contributed by atoms with Crippen LogP contribution in [0.4, 0.5) is 5.82 Å². The van der Waals surface area contributed by atoms with Crippen molar-refractivity contribution in [2.45, 2.75) is 18.9 Å². The quantitative estimate of drug-likeness (QED) is 0.759. The molecule has 0 spiro atoms. The van der Waals surface area contributed by atoms with Gasteiger partial charge in [0.2, 0.25) is 5.91 Å². The summed E-state index contributed by atoms with van der Waals surface area (Å²) in [4.78, 5) is 12.3. The van der Waals surface area contributed by atoms with Crippen LogP contribution in [0.15, 0.2) is 54.7 Å². The highest BCUT2D eigenvalue weighted by atomic mass is 16.5. The average Bonchev–Trinajstić information content (AvgIpc) is 3.05. The van der Waals surface area contributed by atoms with Gasteiger partial charge in [0.25, 0.3) is 0 Å². The Morgan fingerprint density at radius 1 is 1.27 bits per heavy atom. The summed E-state index contributed by atoms with van der Waals surface area (Å²) >= 11 is 0. The van der Waals surface area contributed by atoms with E-state index in [1.54, 1.807) is 12.1 Å². The van der Waals surface area contributed by atoms with Gasteiger partial charge in [0, 0.05) is 17.9 Å². The number of benzene rings is 2. The minimum Gasteiger partial charge on any atom is -0.504 e. The van der Waals surface area contributed by atoms with Crippen LogP contribution in [0.2, 0.25) is 0 Å². The molecule has 1 aromatic heterocycles. The van der Waals surface area contributed by atoms with Gasteiger partial charge in [0.1, 0.15) is 5.82 Å². The summed E-state index contributed by atoms with van der Waals surface area (Å²) < 4.78 is 7.02. The van der Waals surface area contributed by atoms with Crippen molar-refractivity contribution < 1.29 is 14.6 Å². The number of aromatic hydroxyl groups is 1. The molecule has 0 aliphatic carbocycles. The lowest BCUT2D eigenvalue weighted by Crippen LogP contribution is -2.25. The lowest BCUT2D eigenvalue weighted by atomic mass is 9.87. The highest BCUT2D eigenvalue weighted by Crippen LogP contribution is 2.39.